The van der Waals surface area contributed by atoms with Gasteiger partial charge in [0.1, 0.15) is 0 Å². The van der Waals surface area contributed by atoms with Crippen LogP contribution in [0.2, 0.25) is 0 Å². The van der Waals surface area contributed by atoms with Gasteiger partial charge in [-0.15, -0.1) is 11.3 Å². The number of ether oxygens (including phenoxy) is 1. The van der Waals surface area contributed by atoms with Crippen LogP contribution in [0.3, 0.4) is 0 Å². The number of carboxylic acid groups (broad SMARTS) is 1. The minimum Gasteiger partial charge on any atom is -0.475 e. The number of nitrogens with zero attached hydrogens (tertiary/aromatic N) is 2. The molecule has 3 heterocycles. The Morgan fingerprint density at radius 1 is 1.38 bits per heavy atom. The normalized spacial score (nSPS) is 21.2. The predicted molar refractivity (Wildman–Crippen MR) is 103 cm³/mol. The summed E-state index contributed by atoms with van der Waals surface area (Å²) in [5.74, 6) is -2.50. The van der Waals surface area contributed by atoms with Gasteiger partial charge in [-0.2, -0.15) is 13.2 Å². The first-order valence-corrected chi connectivity index (χ1v) is 10.4. The van der Waals surface area contributed by atoms with Crippen LogP contribution >= 0.6 is 11.3 Å². The van der Waals surface area contributed by atoms with Crippen molar-refractivity contribution in [2.75, 3.05) is 33.3 Å². The fourth-order valence-corrected chi connectivity index (χ4v) is 4.24. The highest BCUT2D eigenvalue weighted by Crippen LogP contribution is 2.37. The number of rotatable bonds is 4. The summed E-state index contributed by atoms with van der Waals surface area (Å²) in [6, 6.07) is 4.59. The zero-order valence-corrected chi connectivity index (χ0v) is 17.4. The molecule has 2 aliphatic rings. The number of likely N-dealkylation sites (tertiary alicyclic amines) is 1. The zero-order valence-electron chi connectivity index (χ0n) is 16.6. The van der Waals surface area contributed by atoms with Gasteiger partial charge in [-0.25, -0.2) is 4.79 Å². The van der Waals surface area contributed by atoms with Gasteiger partial charge in [-0.3, -0.25) is 4.79 Å². The molecule has 2 saturated heterocycles. The molecule has 1 atom stereocenters. The molecule has 2 fully saturated rings. The second kappa shape index (κ2) is 9.90. The molecule has 0 aromatic carbocycles. The maximum atomic E-state index is 12.4. The SMILES string of the molecule is CCN(C)C1COC2(CCN(C(=O)Cc3cccs3)CC2)C1.O=C(O)C(F)(F)F. The molecule has 1 unspecified atom stereocenters. The third kappa shape index (κ3) is 6.68. The van der Waals surface area contributed by atoms with Gasteiger partial charge >= 0.3 is 12.1 Å². The Bertz CT molecular complexity index is 673. The molecule has 1 aromatic rings. The van der Waals surface area contributed by atoms with E-state index in [9.17, 15) is 18.0 Å². The standard InChI is InChI=1S/C17H26N2O2S.C2HF3O2/c1-3-18(2)14-12-17(21-13-14)6-8-19(9-7-17)16(20)11-15-5-4-10-22-15;3-2(4,5)1(6)7/h4-5,10,14H,3,6-9,11-13H2,1-2H3;(H,6,7). The van der Waals surface area contributed by atoms with Crippen LogP contribution < -0.4 is 0 Å². The number of aliphatic carboxylic acids is 1. The molecule has 29 heavy (non-hydrogen) atoms. The Hall–Kier alpha value is -1.65. The molecule has 0 saturated carbocycles. The Labute approximate surface area is 172 Å². The van der Waals surface area contributed by atoms with E-state index in [0.717, 1.165) is 50.4 Å². The summed E-state index contributed by atoms with van der Waals surface area (Å²) in [7, 11) is 2.17. The molecule has 10 heteroatoms. The van der Waals surface area contributed by atoms with E-state index in [-0.39, 0.29) is 11.5 Å². The lowest BCUT2D eigenvalue weighted by Gasteiger charge is -2.39. The maximum absolute atomic E-state index is 12.4. The van der Waals surface area contributed by atoms with Crippen LogP contribution in [0.25, 0.3) is 0 Å². The highest BCUT2D eigenvalue weighted by atomic mass is 32.1. The number of piperidine rings is 1. The summed E-state index contributed by atoms with van der Waals surface area (Å²) in [5.41, 5.74) is 0.0216. The molecule has 2 aliphatic heterocycles. The van der Waals surface area contributed by atoms with Gasteiger partial charge in [0.15, 0.2) is 0 Å². The fourth-order valence-electron chi connectivity index (χ4n) is 3.55. The van der Waals surface area contributed by atoms with Gasteiger partial charge in [-0.05, 0) is 44.3 Å². The number of halogens is 3. The lowest BCUT2D eigenvalue weighted by molar-refractivity contribution is -0.192. The quantitative estimate of drug-likeness (QED) is 0.786. The minimum atomic E-state index is -5.08. The molecule has 164 valence electrons. The van der Waals surface area contributed by atoms with Crippen LogP contribution in [0.1, 0.15) is 31.1 Å². The Kier molecular flexibility index (Phi) is 8.07. The first kappa shape index (κ1) is 23.6. The average molecular weight is 436 g/mol. The van der Waals surface area contributed by atoms with Crippen molar-refractivity contribution in [2.45, 2.75) is 50.4 Å². The van der Waals surface area contributed by atoms with E-state index in [0.29, 0.717) is 12.5 Å². The number of carbonyl (C=O) groups is 2. The smallest absolute Gasteiger partial charge is 0.475 e. The van der Waals surface area contributed by atoms with Crippen molar-refractivity contribution in [2.24, 2.45) is 0 Å². The van der Waals surface area contributed by atoms with Crippen molar-refractivity contribution in [1.29, 1.82) is 0 Å². The third-order valence-electron chi connectivity index (χ3n) is 5.49. The van der Waals surface area contributed by atoms with E-state index in [1.807, 2.05) is 22.4 Å². The lowest BCUT2D eigenvalue weighted by Crippen LogP contribution is -2.47. The first-order chi connectivity index (χ1) is 13.6. The predicted octanol–water partition coefficient (Wildman–Crippen LogP) is 3.03. The minimum absolute atomic E-state index is 0.0216. The van der Waals surface area contributed by atoms with E-state index in [4.69, 9.17) is 14.6 Å². The molecule has 3 rings (SSSR count). The number of alkyl halides is 3. The van der Waals surface area contributed by atoms with E-state index >= 15 is 0 Å². The van der Waals surface area contributed by atoms with Gasteiger partial charge in [0.2, 0.25) is 5.91 Å². The zero-order chi connectivity index (χ0) is 21.7. The van der Waals surface area contributed by atoms with Crippen LogP contribution in [0.15, 0.2) is 17.5 Å². The first-order valence-electron chi connectivity index (χ1n) is 9.51. The van der Waals surface area contributed by atoms with E-state index in [2.05, 4.69) is 18.9 Å². The molecule has 0 aliphatic carbocycles. The van der Waals surface area contributed by atoms with Crippen molar-refractivity contribution in [3.05, 3.63) is 22.4 Å². The largest absolute Gasteiger partial charge is 0.490 e. The summed E-state index contributed by atoms with van der Waals surface area (Å²) < 4.78 is 37.9. The number of hydrogen-bond acceptors (Lipinski definition) is 5. The van der Waals surface area contributed by atoms with Crippen LogP contribution in [0, 0.1) is 0 Å². The number of carboxylic acids is 1. The molecule has 1 spiro atoms. The molecule has 1 amide bonds. The molecular weight excluding hydrogens is 409 g/mol. The van der Waals surface area contributed by atoms with Gasteiger partial charge in [0, 0.05) is 24.0 Å². The van der Waals surface area contributed by atoms with E-state index in [1.54, 1.807) is 11.3 Å². The van der Waals surface area contributed by atoms with Gasteiger partial charge in [-0.1, -0.05) is 13.0 Å². The van der Waals surface area contributed by atoms with Crippen molar-refractivity contribution in [3.63, 3.8) is 0 Å². The lowest BCUT2D eigenvalue weighted by atomic mass is 9.87. The van der Waals surface area contributed by atoms with Gasteiger partial charge < -0.3 is 19.6 Å². The van der Waals surface area contributed by atoms with Crippen molar-refractivity contribution in [3.8, 4) is 0 Å². The third-order valence-corrected chi connectivity index (χ3v) is 6.36. The van der Waals surface area contributed by atoms with Crippen LogP contribution in [-0.2, 0) is 20.7 Å². The summed E-state index contributed by atoms with van der Waals surface area (Å²) in [4.78, 5) is 26.8. The van der Waals surface area contributed by atoms with Gasteiger partial charge in [0.05, 0.1) is 18.6 Å². The van der Waals surface area contributed by atoms with Crippen LogP contribution in [0.5, 0.6) is 0 Å². The second-order valence-corrected chi connectivity index (χ2v) is 8.40. The van der Waals surface area contributed by atoms with E-state index < -0.39 is 12.1 Å². The van der Waals surface area contributed by atoms with Gasteiger partial charge in [0.25, 0.3) is 0 Å². The molecular formula is C19H27F3N2O4S. The van der Waals surface area contributed by atoms with Crippen molar-refractivity contribution < 1.29 is 32.6 Å². The Morgan fingerprint density at radius 2 is 2.00 bits per heavy atom. The monoisotopic (exact) mass is 436 g/mol. The number of thiophene rings is 1. The number of likely N-dealkylation sites (N-methyl/N-ethyl adjacent to an activating group) is 1. The van der Waals surface area contributed by atoms with Crippen molar-refractivity contribution in [1.82, 2.24) is 9.80 Å². The number of carbonyl (C=O) groups excluding carboxylic acids is 1. The molecule has 0 bridgehead atoms. The summed E-state index contributed by atoms with van der Waals surface area (Å²) >= 11 is 1.66. The topological polar surface area (TPSA) is 70.1 Å². The molecule has 1 aromatic heterocycles. The molecule has 0 radical (unpaired) electrons. The van der Waals surface area contributed by atoms with Crippen LogP contribution in [0.4, 0.5) is 13.2 Å². The highest BCUT2D eigenvalue weighted by Gasteiger charge is 2.44. The Balaban J connectivity index is 0.000000370. The highest BCUT2D eigenvalue weighted by molar-refractivity contribution is 7.10. The van der Waals surface area contributed by atoms with Crippen LogP contribution in [-0.4, -0.2) is 77.9 Å². The second-order valence-electron chi connectivity index (χ2n) is 7.37. The summed E-state index contributed by atoms with van der Waals surface area (Å²) in [6.45, 7) is 5.78. The molecule has 1 N–H and O–H groups in total. The van der Waals surface area contributed by atoms with Crippen molar-refractivity contribution >= 4 is 23.2 Å². The number of amides is 1. The molecule has 6 nitrogen and oxygen atoms in total. The summed E-state index contributed by atoms with van der Waals surface area (Å²) in [5, 5.41) is 9.16. The Morgan fingerprint density at radius 3 is 2.48 bits per heavy atom. The fraction of sp³-hybridized carbons (Fsp3) is 0.684. The summed E-state index contributed by atoms with van der Waals surface area (Å²) in [6.07, 6.45) is -1.45. The van der Waals surface area contributed by atoms with E-state index in [1.165, 1.54) is 0 Å². The number of hydrogen-bond donors (Lipinski definition) is 1. The average Bonchev–Trinajstić information content (AvgIpc) is 3.32. The maximum Gasteiger partial charge on any atom is 0.490 e.